The molecule has 0 aliphatic heterocycles. The van der Waals surface area contributed by atoms with Gasteiger partial charge in [-0.05, 0) is 18.2 Å². The first-order valence-corrected chi connectivity index (χ1v) is 9.05. The first kappa shape index (κ1) is 20.4. The molecule has 0 aliphatic rings. The van der Waals surface area contributed by atoms with Crippen LogP contribution >= 0.6 is 0 Å². The third-order valence-corrected chi connectivity index (χ3v) is 4.46. The molecule has 0 aliphatic carbocycles. The van der Waals surface area contributed by atoms with E-state index in [1.807, 2.05) is 0 Å². The Morgan fingerprint density at radius 1 is 1.16 bits per heavy atom. The first-order chi connectivity index (χ1) is 14.8. The number of oxazole rings is 1. The Balaban J connectivity index is 1.80. The predicted molar refractivity (Wildman–Crippen MR) is 108 cm³/mol. The lowest BCUT2D eigenvalue weighted by molar-refractivity contribution is -0.150. The molecule has 2 N–H and O–H groups in total. The van der Waals surface area contributed by atoms with Crippen molar-refractivity contribution in [1.82, 2.24) is 15.0 Å². The largest absolute Gasteiger partial charge is 0.497 e. The number of nitrogens with one attached hydrogen (secondary N) is 2. The van der Waals surface area contributed by atoms with Crippen molar-refractivity contribution in [3.8, 4) is 17.2 Å². The highest BCUT2D eigenvalue weighted by molar-refractivity contribution is 6.03. The van der Waals surface area contributed by atoms with Gasteiger partial charge in [0.2, 0.25) is 11.8 Å². The van der Waals surface area contributed by atoms with Gasteiger partial charge in [0.1, 0.15) is 29.3 Å². The summed E-state index contributed by atoms with van der Waals surface area (Å²) >= 11 is 0. The average molecular weight is 431 g/mol. The van der Waals surface area contributed by atoms with Crippen LogP contribution in [0.25, 0.3) is 33.3 Å². The molecular formula is C20H16F3N5O3. The minimum Gasteiger partial charge on any atom is -0.497 e. The van der Waals surface area contributed by atoms with Gasteiger partial charge in [0.15, 0.2) is 5.58 Å². The van der Waals surface area contributed by atoms with E-state index >= 15 is 0 Å². The summed E-state index contributed by atoms with van der Waals surface area (Å²) in [5.74, 6) is 0.117. The molecule has 1 amide bonds. The molecule has 0 atom stereocenters. The maximum Gasteiger partial charge on any atom is 0.397 e. The molecule has 11 heteroatoms. The molecule has 0 spiro atoms. The highest BCUT2D eigenvalue weighted by Crippen LogP contribution is 2.34. The van der Waals surface area contributed by atoms with Crippen LogP contribution in [0.2, 0.25) is 0 Å². The second-order valence-electron chi connectivity index (χ2n) is 6.58. The van der Waals surface area contributed by atoms with Gasteiger partial charge in [-0.1, -0.05) is 0 Å². The Kier molecular flexibility index (Phi) is 5.09. The Hall–Kier alpha value is -3.89. The number of carbonyl (C=O) groups is 1. The highest BCUT2D eigenvalue weighted by atomic mass is 19.4. The van der Waals surface area contributed by atoms with E-state index in [2.05, 4.69) is 25.6 Å². The Morgan fingerprint density at radius 3 is 2.68 bits per heavy atom. The number of aromatic nitrogens is 3. The van der Waals surface area contributed by atoms with Gasteiger partial charge in [-0.25, -0.2) is 15.0 Å². The minimum absolute atomic E-state index is 0.0333. The van der Waals surface area contributed by atoms with Gasteiger partial charge in [-0.3, -0.25) is 4.79 Å². The van der Waals surface area contributed by atoms with E-state index in [9.17, 15) is 18.0 Å². The summed E-state index contributed by atoms with van der Waals surface area (Å²) < 4.78 is 48.5. The second kappa shape index (κ2) is 7.74. The fourth-order valence-electron chi connectivity index (χ4n) is 3.09. The Bertz CT molecular complexity index is 1290. The Morgan fingerprint density at radius 2 is 1.97 bits per heavy atom. The smallest absolute Gasteiger partial charge is 0.397 e. The van der Waals surface area contributed by atoms with E-state index in [1.54, 1.807) is 25.2 Å². The van der Waals surface area contributed by atoms with Crippen molar-refractivity contribution in [3.63, 3.8) is 0 Å². The van der Waals surface area contributed by atoms with Crippen molar-refractivity contribution in [2.45, 2.75) is 12.6 Å². The Labute approximate surface area is 173 Å². The summed E-state index contributed by atoms with van der Waals surface area (Å²) in [4.78, 5) is 24.5. The average Bonchev–Trinajstić information content (AvgIpc) is 3.14. The molecule has 3 heterocycles. The fraction of sp³-hybridized carbons (Fsp3) is 0.200. The zero-order valence-corrected chi connectivity index (χ0v) is 16.4. The summed E-state index contributed by atoms with van der Waals surface area (Å²) in [5.41, 5.74) is 1.57. The molecule has 4 rings (SSSR count). The maximum atomic E-state index is 12.5. The molecule has 3 aromatic heterocycles. The number of fused-ring (bicyclic) bond motifs is 2. The third kappa shape index (κ3) is 4.20. The molecule has 4 aromatic rings. The highest BCUT2D eigenvalue weighted by Gasteiger charge is 2.31. The van der Waals surface area contributed by atoms with E-state index < -0.39 is 18.5 Å². The third-order valence-electron chi connectivity index (χ3n) is 4.46. The zero-order valence-electron chi connectivity index (χ0n) is 16.4. The van der Waals surface area contributed by atoms with E-state index in [1.165, 1.54) is 25.6 Å². The molecular weight excluding hydrogens is 415 g/mol. The van der Waals surface area contributed by atoms with Gasteiger partial charge in [-0.2, -0.15) is 13.2 Å². The molecule has 1 aromatic carbocycles. The number of ether oxygens (including phenoxy) is 1. The summed E-state index contributed by atoms with van der Waals surface area (Å²) in [6.45, 7) is 0. The number of amides is 1. The van der Waals surface area contributed by atoms with Crippen molar-refractivity contribution in [2.75, 3.05) is 24.8 Å². The molecule has 0 saturated carbocycles. The van der Waals surface area contributed by atoms with Gasteiger partial charge in [0, 0.05) is 36.3 Å². The van der Waals surface area contributed by atoms with Crippen LogP contribution < -0.4 is 15.4 Å². The van der Waals surface area contributed by atoms with E-state index in [-0.39, 0.29) is 11.7 Å². The number of methoxy groups -OCH3 is 1. The zero-order chi connectivity index (χ0) is 22.2. The summed E-state index contributed by atoms with van der Waals surface area (Å²) in [6, 6.07) is 6.61. The van der Waals surface area contributed by atoms with Crippen molar-refractivity contribution in [2.24, 2.45) is 0 Å². The second-order valence-corrected chi connectivity index (χ2v) is 6.58. The summed E-state index contributed by atoms with van der Waals surface area (Å²) in [7, 11) is 3.21. The van der Waals surface area contributed by atoms with Crippen molar-refractivity contribution in [1.29, 1.82) is 0 Å². The number of carbonyl (C=O) groups excluding carboxylic acids is 1. The molecule has 0 unspecified atom stereocenters. The number of rotatable bonds is 5. The van der Waals surface area contributed by atoms with Crippen LogP contribution in [0.1, 0.15) is 6.42 Å². The predicted octanol–water partition coefficient (Wildman–Crippen LogP) is 4.38. The first-order valence-electron chi connectivity index (χ1n) is 9.05. The lowest BCUT2D eigenvalue weighted by Gasteiger charge is -2.11. The lowest BCUT2D eigenvalue weighted by Crippen LogP contribution is -2.21. The number of hydrogen-bond acceptors (Lipinski definition) is 7. The van der Waals surface area contributed by atoms with Gasteiger partial charge in [0.25, 0.3) is 0 Å². The van der Waals surface area contributed by atoms with E-state index in [0.717, 1.165) is 0 Å². The number of hydrogen-bond donors (Lipinski definition) is 2. The van der Waals surface area contributed by atoms with E-state index in [0.29, 0.717) is 39.0 Å². The fourth-order valence-corrected chi connectivity index (χ4v) is 3.09. The quantitative estimate of drug-likeness (QED) is 0.483. The minimum atomic E-state index is -4.62. The molecule has 8 nitrogen and oxygen atoms in total. The normalized spacial score (nSPS) is 11.6. The molecule has 0 fully saturated rings. The van der Waals surface area contributed by atoms with E-state index in [4.69, 9.17) is 9.15 Å². The van der Waals surface area contributed by atoms with Crippen molar-refractivity contribution in [3.05, 3.63) is 36.7 Å². The SMILES string of the molecule is CNc1ncc(-c2nc3cc(OC)ccc3o2)c2cc(NC(=O)CC(F)(F)F)ncc12. The van der Waals surface area contributed by atoms with Gasteiger partial charge in [-0.15, -0.1) is 0 Å². The number of nitrogens with zero attached hydrogens (tertiary/aromatic N) is 3. The summed E-state index contributed by atoms with van der Waals surface area (Å²) in [6.07, 6.45) is -3.29. The van der Waals surface area contributed by atoms with Gasteiger partial charge < -0.3 is 19.8 Å². The van der Waals surface area contributed by atoms with Crippen LogP contribution in [-0.2, 0) is 4.79 Å². The monoisotopic (exact) mass is 431 g/mol. The van der Waals surface area contributed by atoms with Crippen LogP contribution in [0.15, 0.2) is 41.1 Å². The van der Waals surface area contributed by atoms with Crippen LogP contribution in [0.4, 0.5) is 24.8 Å². The number of benzene rings is 1. The topological polar surface area (TPSA) is 102 Å². The van der Waals surface area contributed by atoms with Crippen LogP contribution in [0.3, 0.4) is 0 Å². The number of halogens is 3. The standard InChI is InChI=1S/C20H16F3N5O3/c1-24-18-12-8-25-16(28-17(29)7-20(21,22)23)6-11(12)13(9-26-18)19-27-14-5-10(30-2)3-4-15(14)31-19/h3-6,8-9H,7H2,1-2H3,(H,24,26)(H,25,28,29). The van der Waals surface area contributed by atoms with Gasteiger partial charge >= 0.3 is 6.18 Å². The molecule has 0 radical (unpaired) electrons. The molecule has 160 valence electrons. The lowest BCUT2D eigenvalue weighted by atomic mass is 10.1. The molecule has 31 heavy (non-hydrogen) atoms. The summed E-state index contributed by atoms with van der Waals surface area (Å²) in [5, 5.41) is 6.21. The van der Waals surface area contributed by atoms with Crippen LogP contribution in [-0.4, -0.2) is 41.2 Å². The molecule has 0 saturated heterocycles. The van der Waals surface area contributed by atoms with Crippen LogP contribution in [0.5, 0.6) is 5.75 Å². The van der Waals surface area contributed by atoms with Crippen molar-refractivity contribution >= 4 is 39.4 Å². The van der Waals surface area contributed by atoms with Crippen molar-refractivity contribution < 1.29 is 27.1 Å². The number of anilines is 2. The molecule has 0 bridgehead atoms. The maximum absolute atomic E-state index is 12.5. The number of alkyl halides is 3. The van der Waals surface area contributed by atoms with Crippen LogP contribution in [0, 0.1) is 0 Å². The number of pyridine rings is 2. The van der Waals surface area contributed by atoms with Gasteiger partial charge in [0.05, 0.1) is 12.7 Å².